The summed E-state index contributed by atoms with van der Waals surface area (Å²) in [4.78, 5) is 6.73. The van der Waals surface area contributed by atoms with Crippen LogP contribution in [0.1, 0.15) is 5.56 Å². The number of ether oxygens (including phenoxy) is 2. The van der Waals surface area contributed by atoms with Gasteiger partial charge in [-0.3, -0.25) is 0 Å². The largest absolute Gasteiger partial charge is 0.496 e. The molecule has 104 valence electrons. The first-order chi connectivity index (χ1) is 9.78. The predicted octanol–water partition coefficient (Wildman–Crippen LogP) is 3.25. The molecule has 3 rings (SSSR count). The van der Waals surface area contributed by atoms with Crippen molar-refractivity contribution in [1.29, 1.82) is 0 Å². The SMILES string of the molecule is COc1ccccc1CN1CCOc2ccc(Br)nc21. The molecule has 1 aliphatic heterocycles. The molecule has 1 aromatic carbocycles. The number of rotatable bonds is 3. The number of hydrogen-bond acceptors (Lipinski definition) is 4. The Kier molecular flexibility index (Phi) is 3.78. The van der Waals surface area contributed by atoms with Crippen LogP contribution < -0.4 is 14.4 Å². The van der Waals surface area contributed by atoms with E-state index in [0.29, 0.717) is 6.61 Å². The van der Waals surface area contributed by atoms with E-state index in [-0.39, 0.29) is 0 Å². The van der Waals surface area contributed by atoms with Crippen molar-refractivity contribution in [2.75, 3.05) is 25.2 Å². The predicted molar refractivity (Wildman–Crippen MR) is 81.5 cm³/mol. The van der Waals surface area contributed by atoms with Crippen LogP contribution in [-0.2, 0) is 6.54 Å². The second-order valence-corrected chi connectivity index (χ2v) is 5.35. The van der Waals surface area contributed by atoms with Gasteiger partial charge in [0.1, 0.15) is 17.0 Å². The average molecular weight is 335 g/mol. The summed E-state index contributed by atoms with van der Waals surface area (Å²) in [5, 5.41) is 0. The summed E-state index contributed by atoms with van der Waals surface area (Å²) in [7, 11) is 1.70. The Hall–Kier alpha value is -1.75. The molecule has 1 aliphatic rings. The molecule has 0 spiro atoms. The second-order valence-electron chi connectivity index (χ2n) is 4.54. The molecule has 1 aromatic heterocycles. The van der Waals surface area contributed by atoms with Crippen molar-refractivity contribution in [3.8, 4) is 11.5 Å². The van der Waals surface area contributed by atoms with E-state index in [1.165, 1.54) is 0 Å². The molecule has 2 aromatic rings. The second kappa shape index (κ2) is 5.71. The Bertz CT molecular complexity index is 619. The Labute approximate surface area is 126 Å². The van der Waals surface area contributed by atoms with Crippen molar-refractivity contribution in [3.63, 3.8) is 0 Å². The molecule has 0 fully saturated rings. The summed E-state index contributed by atoms with van der Waals surface area (Å²) in [5.74, 6) is 2.60. The summed E-state index contributed by atoms with van der Waals surface area (Å²) in [6.45, 7) is 2.24. The third-order valence-corrected chi connectivity index (χ3v) is 3.72. The summed E-state index contributed by atoms with van der Waals surface area (Å²) in [5.41, 5.74) is 1.14. The van der Waals surface area contributed by atoms with Gasteiger partial charge in [-0.25, -0.2) is 4.98 Å². The van der Waals surface area contributed by atoms with Crippen LogP contribution in [0.15, 0.2) is 41.0 Å². The third-order valence-electron chi connectivity index (χ3n) is 3.28. The van der Waals surface area contributed by atoms with Gasteiger partial charge in [0.2, 0.25) is 0 Å². The molecular weight excluding hydrogens is 320 g/mol. The van der Waals surface area contributed by atoms with Gasteiger partial charge in [0, 0.05) is 12.1 Å². The van der Waals surface area contributed by atoms with Gasteiger partial charge in [-0.2, -0.15) is 0 Å². The number of aromatic nitrogens is 1. The van der Waals surface area contributed by atoms with Gasteiger partial charge in [0.25, 0.3) is 0 Å². The molecule has 5 heteroatoms. The third kappa shape index (κ3) is 2.58. The zero-order valence-corrected chi connectivity index (χ0v) is 12.8. The van der Waals surface area contributed by atoms with E-state index in [4.69, 9.17) is 9.47 Å². The van der Waals surface area contributed by atoms with E-state index in [0.717, 1.165) is 40.6 Å². The quantitative estimate of drug-likeness (QED) is 0.807. The van der Waals surface area contributed by atoms with E-state index < -0.39 is 0 Å². The van der Waals surface area contributed by atoms with Crippen molar-refractivity contribution in [3.05, 3.63) is 46.6 Å². The molecule has 0 atom stereocenters. The van der Waals surface area contributed by atoms with Gasteiger partial charge in [-0.15, -0.1) is 0 Å². The van der Waals surface area contributed by atoms with Crippen molar-refractivity contribution >= 4 is 21.7 Å². The van der Waals surface area contributed by atoms with E-state index in [1.54, 1.807) is 7.11 Å². The Morgan fingerprint density at radius 1 is 1.30 bits per heavy atom. The number of anilines is 1. The molecule has 2 heterocycles. The smallest absolute Gasteiger partial charge is 0.172 e. The van der Waals surface area contributed by atoms with E-state index >= 15 is 0 Å². The first-order valence-electron chi connectivity index (χ1n) is 6.44. The highest BCUT2D eigenvalue weighted by molar-refractivity contribution is 9.10. The maximum absolute atomic E-state index is 5.65. The van der Waals surface area contributed by atoms with E-state index in [2.05, 4.69) is 31.9 Å². The topological polar surface area (TPSA) is 34.6 Å². The Morgan fingerprint density at radius 3 is 3.00 bits per heavy atom. The number of hydrogen-bond donors (Lipinski definition) is 0. The molecule has 0 saturated carbocycles. The van der Waals surface area contributed by atoms with Crippen LogP contribution in [0.4, 0.5) is 5.82 Å². The van der Waals surface area contributed by atoms with Crippen molar-refractivity contribution in [2.45, 2.75) is 6.54 Å². The molecule has 0 amide bonds. The van der Waals surface area contributed by atoms with Gasteiger partial charge in [-0.1, -0.05) is 18.2 Å². The van der Waals surface area contributed by atoms with Crippen molar-refractivity contribution in [2.24, 2.45) is 0 Å². The monoisotopic (exact) mass is 334 g/mol. The van der Waals surface area contributed by atoms with E-state index in [1.807, 2.05) is 30.3 Å². The van der Waals surface area contributed by atoms with Crippen LogP contribution in [0.5, 0.6) is 11.5 Å². The van der Waals surface area contributed by atoms with Gasteiger partial charge in [0.15, 0.2) is 11.6 Å². The maximum Gasteiger partial charge on any atom is 0.172 e. The fraction of sp³-hybridized carbons (Fsp3) is 0.267. The Morgan fingerprint density at radius 2 is 2.15 bits per heavy atom. The van der Waals surface area contributed by atoms with E-state index in [9.17, 15) is 0 Å². The van der Waals surface area contributed by atoms with Gasteiger partial charge in [-0.05, 0) is 34.1 Å². The fourth-order valence-corrected chi connectivity index (χ4v) is 2.62. The normalized spacial score (nSPS) is 13.6. The average Bonchev–Trinajstić information content (AvgIpc) is 2.48. The lowest BCUT2D eigenvalue weighted by Gasteiger charge is -2.30. The maximum atomic E-state index is 5.65. The molecule has 0 radical (unpaired) electrons. The number of nitrogens with zero attached hydrogens (tertiary/aromatic N) is 2. The summed E-state index contributed by atoms with van der Waals surface area (Å²) < 4.78 is 11.9. The van der Waals surface area contributed by atoms with Crippen LogP contribution in [0, 0.1) is 0 Å². The minimum Gasteiger partial charge on any atom is -0.496 e. The number of fused-ring (bicyclic) bond motifs is 1. The number of benzene rings is 1. The Balaban J connectivity index is 1.91. The van der Waals surface area contributed by atoms with Crippen LogP contribution >= 0.6 is 15.9 Å². The molecular formula is C15H15BrN2O2. The minimum absolute atomic E-state index is 0.672. The zero-order chi connectivity index (χ0) is 13.9. The summed E-state index contributed by atoms with van der Waals surface area (Å²) in [6.07, 6.45) is 0. The lowest BCUT2D eigenvalue weighted by atomic mass is 10.2. The van der Waals surface area contributed by atoms with Crippen molar-refractivity contribution in [1.82, 2.24) is 4.98 Å². The highest BCUT2D eigenvalue weighted by atomic mass is 79.9. The van der Waals surface area contributed by atoms with Gasteiger partial charge < -0.3 is 14.4 Å². The lowest BCUT2D eigenvalue weighted by molar-refractivity contribution is 0.303. The standard InChI is InChI=1S/C15H15BrN2O2/c1-19-12-5-3-2-4-11(12)10-18-8-9-20-13-6-7-14(16)17-15(13)18/h2-7H,8-10H2,1H3. The van der Waals surface area contributed by atoms with Crippen molar-refractivity contribution < 1.29 is 9.47 Å². The number of methoxy groups -OCH3 is 1. The molecule has 0 saturated heterocycles. The lowest BCUT2D eigenvalue weighted by Crippen LogP contribution is -2.33. The zero-order valence-electron chi connectivity index (χ0n) is 11.2. The number of para-hydroxylation sites is 1. The van der Waals surface area contributed by atoms with Gasteiger partial charge >= 0.3 is 0 Å². The molecule has 0 unspecified atom stereocenters. The summed E-state index contributed by atoms with van der Waals surface area (Å²) in [6, 6.07) is 11.9. The molecule has 0 bridgehead atoms. The summed E-state index contributed by atoms with van der Waals surface area (Å²) >= 11 is 3.41. The molecule has 20 heavy (non-hydrogen) atoms. The number of pyridine rings is 1. The van der Waals surface area contributed by atoms with Gasteiger partial charge in [0.05, 0.1) is 13.7 Å². The van der Waals surface area contributed by atoms with Crippen LogP contribution in [0.3, 0.4) is 0 Å². The number of halogens is 1. The first-order valence-corrected chi connectivity index (χ1v) is 7.23. The van der Waals surface area contributed by atoms with Crippen LogP contribution in [-0.4, -0.2) is 25.2 Å². The highest BCUT2D eigenvalue weighted by Crippen LogP contribution is 2.33. The molecule has 0 aliphatic carbocycles. The molecule has 4 nitrogen and oxygen atoms in total. The molecule has 0 N–H and O–H groups in total. The van der Waals surface area contributed by atoms with Crippen LogP contribution in [0.25, 0.3) is 0 Å². The fourth-order valence-electron chi connectivity index (χ4n) is 2.32. The minimum atomic E-state index is 0.672. The first kappa shape index (κ1) is 13.2. The van der Waals surface area contributed by atoms with Crippen LogP contribution in [0.2, 0.25) is 0 Å². The highest BCUT2D eigenvalue weighted by Gasteiger charge is 2.21.